The van der Waals surface area contributed by atoms with Crippen molar-refractivity contribution in [1.29, 1.82) is 0 Å². The molecule has 0 aliphatic rings. The van der Waals surface area contributed by atoms with Crippen LogP contribution in [-0.4, -0.2) is 24.1 Å². The summed E-state index contributed by atoms with van der Waals surface area (Å²) in [5.74, 6) is -0.640. The highest BCUT2D eigenvalue weighted by molar-refractivity contribution is 5.82. The number of rotatable bonds is 12. The Balaban J connectivity index is 3.21. The van der Waals surface area contributed by atoms with Crippen LogP contribution in [0.15, 0.2) is 37.4 Å². The minimum absolute atomic E-state index is 0.320. The van der Waals surface area contributed by atoms with Crippen molar-refractivity contribution >= 4 is 23.1 Å². The number of hydrogen-bond acceptors (Lipinski definition) is 4. The van der Waals surface area contributed by atoms with E-state index in [2.05, 4.69) is 27.0 Å². The topological polar surface area (TPSA) is 52.6 Å². The fraction of sp³-hybridized carbons (Fsp3) is 0.500. The van der Waals surface area contributed by atoms with Gasteiger partial charge in [-0.1, -0.05) is 64.1 Å². The molecule has 0 bridgehead atoms. The summed E-state index contributed by atoms with van der Waals surface area (Å²) in [5.41, 5.74) is 3.25. The van der Waals surface area contributed by atoms with E-state index in [1.54, 1.807) is 0 Å². The van der Waals surface area contributed by atoms with Crippen molar-refractivity contribution in [3.8, 4) is 0 Å². The van der Waals surface area contributed by atoms with Crippen molar-refractivity contribution in [3.63, 3.8) is 0 Å². The first-order chi connectivity index (χ1) is 13.3. The maximum Gasteiger partial charge on any atom is 0.303 e. The predicted molar refractivity (Wildman–Crippen MR) is 115 cm³/mol. The van der Waals surface area contributed by atoms with E-state index in [0.29, 0.717) is 0 Å². The lowest BCUT2D eigenvalue weighted by Crippen LogP contribution is -2.21. The van der Waals surface area contributed by atoms with Crippen LogP contribution >= 0.6 is 0 Å². The van der Waals surface area contributed by atoms with Crippen molar-refractivity contribution in [3.05, 3.63) is 48.6 Å². The molecule has 0 spiro atoms. The van der Waals surface area contributed by atoms with Crippen molar-refractivity contribution in [2.24, 2.45) is 0 Å². The largest absolute Gasteiger partial charge is 0.458 e. The third kappa shape index (κ3) is 7.34. The highest BCUT2D eigenvalue weighted by Crippen LogP contribution is 2.32. The van der Waals surface area contributed by atoms with Gasteiger partial charge in [0.15, 0.2) is 0 Å². The van der Waals surface area contributed by atoms with Gasteiger partial charge in [-0.15, -0.1) is 0 Å². The summed E-state index contributed by atoms with van der Waals surface area (Å²) in [5, 5.41) is 0. The van der Waals surface area contributed by atoms with E-state index in [-0.39, 0.29) is 24.1 Å². The molecule has 0 fully saturated rings. The molecule has 1 aromatic carbocycles. The van der Waals surface area contributed by atoms with Crippen molar-refractivity contribution in [2.75, 3.05) is 0 Å². The zero-order chi connectivity index (χ0) is 21.1. The van der Waals surface area contributed by atoms with E-state index >= 15 is 0 Å². The number of carbonyl (C=O) groups is 2. The first-order valence-electron chi connectivity index (χ1n) is 10.1. The van der Waals surface area contributed by atoms with Crippen molar-refractivity contribution < 1.29 is 19.1 Å². The quantitative estimate of drug-likeness (QED) is 0.416. The molecule has 4 heteroatoms. The lowest BCUT2D eigenvalue weighted by Gasteiger charge is -2.25. The summed E-state index contributed by atoms with van der Waals surface area (Å²) in [4.78, 5) is 23.2. The van der Waals surface area contributed by atoms with Crippen molar-refractivity contribution in [2.45, 2.75) is 78.4 Å². The number of unbranched alkanes of at least 4 members (excludes halogenated alkanes) is 2. The number of benzene rings is 1. The first kappa shape index (κ1) is 23.7. The van der Waals surface area contributed by atoms with Gasteiger partial charge in [0.1, 0.15) is 12.2 Å². The lowest BCUT2D eigenvalue weighted by atomic mass is 9.88. The molecule has 1 rings (SSSR count). The molecule has 0 radical (unpaired) electrons. The van der Waals surface area contributed by atoms with Crippen LogP contribution in [0.5, 0.6) is 0 Å². The van der Waals surface area contributed by atoms with E-state index in [0.717, 1.165) is 60.8 Å². The summed E-state index contributed by atoms with van der Waals surface area (Å²) < 4.78 is 11.1. The molecule has 4 nitrogen and oxygen atoms in total. The zero-order valence-corrected chi connectivity index (χ0v) is 17.8. The van der Waals surface area contributed by atoms with E-state index in [1.807, 2.05) is 24.3 Å². The van der Waals surface area contributed by atoms with Crippen LogP contribution in [0, 0.1) is 0 Å². The molecule has 154 valence electrons. The fourth-order valence-corrected chi connectivity index (χ4v) is 3.18. The Morgan fingerprint density at radius 1 is 0.821 bits per heavy atom. The Kier molecular flexibility index (Phi) is 10.3. The average molecular weight is 387 g/mol. The van der Waals surface area contributed by atoms with Gasteiger partial charge in [0.25, 0.3) is 0 Å². The Morgan fingerprint density at radius 2 is 1.18 bits per heavy atom. The first-order valence-corrected chi connectivity index (χ1v) is 10.1. The molecule has 0 aliphatic heterocycles. The molecule has 0 aliphatic carbocycles. The number of carbonyl (C=O) groups excluding carboxylic acids is 2. The van der Waals surface area contributed by atoms with Gasteiger partial charge < -0.3 is 9.47 Å². The molecule has 0 heterocycles. The van der Waals surface area contributed by atoms with Gasteiger partial charge in [-0.25, -0.2) is 0 Å². The van der Waals surface area contributed by atoms with E-state index in [4.69, 9.17) is 9.47 Å². The van der Waals surface area contributed by atoms with Crippen LogP contribution in [-0.2, 0) is 19.1 Å². The minimum atomic E-state index is -0.380. The highest BCUT2D eigenvalue weighted by Gasteiger charge is 2.23. The van der Waals surface area contributed by atoms with Crippen LogP contribution in [0.1, 0.15) is 77.3 Å². The Labute approximate surface area is 169 Å². The Hall–Kier alpha value is -2.36. The summed E-state index contributed by atoms with van der Waals surface area (Å²) in [7, 11) is 0. The van der Waals surface area contributed by atoms with Crippen LogP contribution in [0.25, 0.3) is 11.1 Å². The molecule has 0 N–H and O–H groups in total. The number of hydrogen-bond donors (Lipinski definition) is 0. The molecule has 0 saturated carbocycles. The van der Waals surface area contributed by atoms with E-state index in [1.165, 1.54) is 13.8 Å². The molecule has 0 aromatic heterocycles. The molecule has 2 atom stereocenters. The molecule has 28 heavy (non-hydrogen) atoms. The highest BCUT2D eigenvalue weighted by atomic mass is 16.5. The fourth-order valence-electron chi connectivity index (χ4n) is 3.18. The molecular weight excluding hydrogens is 352 g/mol. The predicted octanol–water partition coefficient (Wildman–Crippen LogP) is 5.96. The van der Waals surface area contributed by atoms with Crippen LogP contribution in [0.4, 0.5) is 0 Å². The molecule has 2 unspecified atom stereocenters. The van der Waals surface area contributed by atoms with Gasteiger partial charge in [-0.3, -0.25) is 9.59 Å². The summed E-state index contributed by atoms with van der Waals surface area (Å²) in [6, 6.07) is 7.76. The molecule has 0 amide bonds. The van der Waals surface area contributed by atoms with E-state index in [9.17, 15) is 9.59 Å². The SMILES string of the molecule is C=C(c1ccccc1C(=C)C(CCCC)OC(C)=O)C(CCCC)OC(C)=O. The number of ether oxygens (including phenoxy) is 2. The van der Waals surface area contributed by atoms with Gasteiger partial charge >= 0.3 is 11.9 Å². The van der Waals surface area contributed by atoms with Crippen LogP contribution in [0.3, 0.4) is 0 Å². The Morgan fingerprint density at radius 3 is 1.46 bits per heavy atom. The second kappa shape index (κ2) is 12.2. The normalized spacial score (nSPS) is 12.7. The van der Waals surface area contributed by atoms with Crippen LogP contribution < -0.4 is 0 Å². The second-order valence-corrected chi connectivity index (χ2v) is 7.08. The molecular formula is C24H34O4. The Bertz CT molecular complexity index is 631. The third-order valence-corrected chi connectivity index (χ3v) is 4.65. The van der Waals surface area contributed by atoms with Crippen LogP contribution in [0.2, 0.25) is 0 Å². The van der Waals surface area contributed by atoms with Gasteiger partial charge in [0.05, 0.1) is 0 Å². The molecule has 1 aromatic rings. The van der Waals surface area contributed by atoms with E-state index < -0.39 is 0 Å². The van der Waals surface area contributed by atoms with Gasteiger partial charge in [-0.05, 0) is 48.0 Å². The van der Waals surface area contributed by atoms with Gasteiger partial charge in [0, 0.05) is 13.8 Å². The average Bonchev–Trinajstić information content (AvgIpc) is 2.66. The minimum Gasteiger partial charge on any atom is -0.458 e. The summed E-state index contributed by atoms with van der Waals surface area (Å²) in [6.07, 6.45) is 4.57. The molecule has 0 saturated heterocycles. The third-order valence-electron chi connectivity index (χ3n) is 4.65. The monoisotopic (exact) mass is 386 g/mol. The second-order valence-electron chi connectivity index (χ2n) is 7.08. The summed E-state index contributed by atoms with van der Waals surface area (Å²) >= 11 is 0. The lowest BCUT2D eigenvalue weighted by molar-refractivity contribution is -0.145. The maximum absolute atomic E-state index is 11.6. The number of esters is 2. The summed E-state index contributed by atoms with van der Waals surface area (Å²) in [6.45, 7) is 15.5. The maximum atomic E-state index is 11.6. The zero-order valence-electron chi connectivity index (χ0n) is 17.8. The smallest absolute Gasteiger partial charge is 0.303 e. The van der Waals surface area contributed by atoms with Gasteiger partial charge in [0.2, 0.25) is 0 Å². The van der Waals surface area contributed by atoms with Crippen molar-refractivity contribution in [1.82, 2.24) is 0 Å². The van der Waals surface area contributed by atoms with Gasteiger partial charge in [-0.2, -0.15) is 0 Å². The standard InChI is InChI=1S/C24H34O4/c1-7-9-15-23(27-19(5)25)17(3)21-13-11-12-14-22(21)18(4)24(16-10-8-2)28-20(6)26/h11-14,23-24H,3-4,7-10,15-16H2,1-2,5-6H3.